The Morgan fingerprint density at radius 3 is 2.19 bits per heavy atom. The number of rotatable bonds is 3. The van der Waals surface area contributed by atoms with Gasteiger partial charge in [-0.1, -0.05) is 35.3 Å². The summed E-state index contributed by atoms with van der Waals surface area (Å²) in [6.45, 7) is 7.05. The van der Waals surface area contributed by atoms with E-state index in [2.05, 4.69) is 0 Å². The number of carbonyl (C=O) groups is 1. The number of esters is 1. The molecule has 2 aromatic rings. The van der Waals surface area contributed by atoms with Crippen LogP contribution in [-0.2, 0) is 9.48 Å². The SMILES string of the molecule is Cc1cc(C2=CSC(c3cc(Cl)cc(Cl)c3)(C(F)(F)F)C2)ccc1C(=O)OC(C)(C)C. The van der Waals surface area contributed by atoms with Gasteiger partial charge >= 0.3 is 12.1 Å². The van der Waals surface area contributed by atoms with Crippen molar-refractivity contribution in [1.29, 1.82) is 0 Å². The van der Waals surface area contributed by atoms with Gasteiger partial charge in [-0.3, -0.25) is 0 Å². The first kappa shape index (κ1) is 24.0. The molecule has 2 nitrogen and oxygen atoms in total. The average Bonchev–Trinajstić information content (AvgIpc) is 3.06. The van der Waals surface area contributed by atoms with Crippen molar-refractivity contribution >= 4 is 46.5 Å². The number of carbonyl (C=O) groups excluding carboxylic acids is 1. The molecular weight excluding hydrogens is 468 g/mol. The number of aryl methyl sites for hydroxylation is 1. The third-order valence-electron chi connectivity index (χ3n) is 4.84. The van der Waals surface area contributed by atoms with E-state index in [9.17, 15) is 18.0 Å². The minimum Gasteiger partial charge on any atom is -0.456 e. The van der Waals surface area contributed by atoms with Crippen LogP contribution in [0.4, 0.5) is 13.2 Å². The minimum atomic E-state index is -4.53. The molecule has 0 radical (unpaired) electrons. The average molecular weight is 489 g/mol. The molecule has 0 aromatic heterocycles. The van der Waals surface area contributed by atoms with E-state index in [4.69, 9.17) is 27.9 Å². The predicted octanol–water partition coefficient (Wildman–Crippen LogP) is 8.19. The molecule has 8 heteroatoms. The van der Waals surface area contributed by atoms with Gasteiger partial charge < -0.3 is 4.74 Å². The van der Waals surface area contributed by atoms with Crippen LogP contribution in [0.1, 0.15) is 54.2 Å². The monoisotopic (exact) mass is 488 g/mol. The maximum atomic E-state index is 14.3. The van der Waals surface area contributed by atoms with Gasteiger partial charge in [-0.05, 0) is 79.6 Å². The second-order valence-electron chi connectivity index (χ2n) is 8.45. The topological polar surface area (TPSA) is 26.3 Å². The molecule has 0 fully saturated rings. The zero-order chi connectivity index (χ0) is 23.2. The molecule has 3 rings (SSSR count). The zero-order valence-electron chi connectivity index (χ0n) is 17.4. The lowest BCUT2D eigenvalue weighted by Crippen LogP contribution is -2.37. The lowest BCUT2D eigenvalue weighted by Gasteiger charge is -2.32. The van der Waals surface area contributed by atoms with Gasteiger partial charge in [-0.15, -0.1) is 11.8 Å². The molecule has 1 heterocycles. The van der Waals surface area contributed by atoms with Gasteiger partial charge in [-0.2, -0.15) is 13.2 Å². The Kier molecular flexibility index (Phi) is 6.49. The largest absolute Gasteiger partial charge is 0.456 e. The maximum absolute atomic E-state index is 14.3. The van der Waals surface area contributed by atoms with E-state index < -0.39 is 22.5 Å². The Labute approximate surface area is 193 Å². The van der Waals surface area contributed by atoms with Gasteiger partial charge in [0.25, 0.3) is 0 Å². The fourth-order valence-electron chi connectivity index (χ4n) is 3.41. The van der Waals surface area contributed by atoms with Crippen LogP contribution in [0.2, 0.25) is 10.0 Å². The van der Waals surface area contributed by atoms with E-state index in [0.717, 1.165) is 0 Å². The van der Waals surface area contributed by atoms with Crippen LogP contribution in [0, 0.1) is 6.92 Å². The van der Waals surface area contributed by atoms with Crippen LogP contribution >= 0.6 is 35.0 Å². The van der Waals surface area contributed by atoms with Gasteiger partial charge in [0.2, 0.25) is 0 Å². The molecule has 31 heavy (non-hydrogen) atoms. The van der Waals surface area contributed by atoms with E-state index in [-0.39, 0.29) is 22.0 Å². The lowest BCUT2D eigenvalue weighted by molar-refractivity contribution is -0.160. The second-order valence-corrected chi connectivity index (χ2v) is 10.5. The Morgan fingerprint density at radius 1 is 1.06 bits per heavy atom. The number of hydrogen-bond donors (Lipinski definition) is 0. The number of allylic oxidation sites excluding steroid dienone is 1. The summed E-state index contributed by atoms with van der Waals surface area (Å²) >= 11 is 12.7. The molecule has 1 aliphatic rings. The summed E-state index contributed by atoms with van der Waals surface area (Å²) in [6.07, 6.45) is -4.81. The maximum Gasteiger partial charge on any atom is 0.407 e. The van der Waals surface area contributed by atoms with Crippen molar-refractivity contribution in [2.45, 2.75) is 50.6 Å². The third-order valence-corrected chi connectivity index (χ3v) is 6.70. The minimum absolute atomic E-state index is 0.0100. The van der Waals surface area contributed by atoms with Crippen molar-refractivity contribution < 1.29 is 22.7 Å². The van der Waals surface area contributed by atoms with Crippen molar-refractivity contribution in [1.82, 2.24) is 0 Å². The molecule has 0 saturated heterocycles. The second kappa shape index (κ2) is 8.38. The molecular formula is C23H21Cl2F3O2S. The molecule has 0 aliphatic carbocycles. The first-order valence-electron chi connectivity index (χ1n) is 9.46. The molecule has 0 N–H and O–H groups in total. The first-order valence-corrected chi connectivity index (χ1v) is 11.1. The van der Waals surface area contributed by atoms with Gasteiger partial charge in [0.15, 0.2) is 0 Å². The van der Waals surface area contributed by atoms with Gasteiger partial charge in [0.1, 0.15) is 10.3 Å². The van der Waals surface area contributed by atoms with Crippen LogP contribution in [0.25, 0.3) is 5.57 Å². The summed E-state index contributed by atoms with van der Waals surface area (Å²) in [7, 11) is 0. The molecule has 166 valence electrons. The Hall–Kier alpha value is -1.63. The van der Waals surface area contributed by atoms with Crippen molar-refractivity contribution in [3.8, 4) is 0 Å². The van der Waals surface area contributed by atoms with Crippen LogP contribution < -0.4 is 0 Å². The normalized spacial score (nSPS) is 19.3. The Balaban J connectivity index is 1.94. The van der Waals surface area contributed by atoms with Crippen molar-refractivity contribution in [3.63, 3.8) is 0 Å². The number of hydrogen-bond acceptors (Lipinski definition) is 3. The highest BCUT2D eigenvalue weighted by atomic mass is 35.5. The highest BCUT2D eigenvalue weighted by molar-refractivity contribution is 8.03. The Bertz CT molecular complexity index is 1040. The van der Waals surface area contributed by atoms with Crippen LogP contribution in [-0.4, -0.2) is 17.7 Å². The summed E-state index contributed by atoms with van der Waals surface area (Å²) in [5.41, 5.74) is 1.53. The predicted molar refractivity (Wildman–Crippen MR) is 121 cm³/mol. The lowest BCUT2D eigenvalue weighted by atomic mass is 9.88. The van der Waals surface area contributed by atoms with Crippen molar-refractivity contribution in [2.75, 3.05) is 0 Å². The molecule has 0 amide bonds. The molecule has 0 bridgehead atoms. The van der Waals surface area contributed by atoms with Gasteiger partial charge in [-0.25, -0.2) is 4.79 Å². The molecule has 1 unspecified atom stereocenters. The van der Waals surface area contributed by atoms with E-state index in [0.29, 0.717) is 34.0 Å². The number of halogens is 5. The fourth-order valence-corrected chi connectivity index (χ4v) is 5.12. The van der Waals surface area contributed by atoms with Crippen molar-refractivity contribution in [2.24, 2.45) is 0 Å². The van der Waals surface area contributed by atoms with Gasteiger partial charge in [0, 0.05) is 16.5 Å². The molecule has 0 saturated carbocycles. The van der Waals surface area contributed by atoms with Gasteiger partial charge in [0.05, 0.1) is 5.56 Å². The summed E-state index contributed by atoms with van der Waals surface area (Å²) in [5, 5.41) is 1.82. The number of benzene rings is 2. The van der Waals surface area contributed by atoms with Crippen molar-refractivity contribution in [3.05, 3.63) is 74.1 Å². The fraction of sp³-hybridized carbons (Fsp3) is 0.348. The smallest absolute Gasteiger partial charge is 0.407 e. The zero-order valence-corrected chi connectivity index (χ0v) is 19.7. The molecule has 1 aliphatic heterocycles. The van der Waals surface area contributed by atoms with E-state index >= 15 is 0 Å². The number of alkyl halides is 3. The molecule has 1 atom stereocenters. The van der Waals surface area contributed by atoms with E-state index in [1.54, 1.807) is 45.9 Å². The Morgan fingerprint density at radius 2 is 1.68 bits per heavy atom. The molecule has 2 aromatic carbocycles. The highest BCUT2D eigenvalue weighted by Gasteiger charge is 2.58. The first-order chi connectivity index (χ1) is 14.2. The van der Waals surface area contributed by atoms with E-state index in [1.807, 2.05) is 0 Å². The summed E-state index contributed by atoms with van der Waals surface area (Å²) in [4.78, 5) is 12.4. The quantitative estimate of drug-likeness (QED) is 0.407. The molecule has 0 spiro atoms. The summed E-state index contributed by atoms with van der Waals surface area (Å²) in [6, 6.07) is 8.97. The standard InChI is InChI=1S/C23H21Cl2F3O2S/c1-13-7-14(5-6-19(13)20(29)30-21(2,3)4)15-11-22(31-12-15,23(26,27)28)16-8-17(24)10-18(25)9-16/h5-10,12H,11H2,1-4H3. The third kappa shape index (κ3) is 5.07. The van der Waals surface area contributed by atoms with Crippen LogP contribution in [0.3, 0.4) is 0 Å². The summed E-state index contributed by atoms with van der Waals surface area (Å²) in [5.74, 6) is -0.468. The highest BCUT2D eigenvalue weighted by Crippen LogP contribution is 2.60. The van der Waals surface area contributed by atoms with E-state index in [1.165, 1.54) is 23.6 Å². The summed E-state index contributed by atoms with van der Waals surface area (Å²) < 4.78 is 46.0. The number of thioether (sulfide) groups is 1. The van der Waals surface area contributed by atoms with Crippen LogP contribution in [0.15, 0.2) is 41.8 Å². The number of ether oxygens (including phenoxy) is 1. The van der Waals surface area contributed by atoms with Crippen LogP contribution in [0.5, 0.6) is 0 Å².